The number of nitrogens with zero attached hydrogens (tertiary/aromatic N) is 2. The number of hydrogen-bond donors (Lipinski definition) is 1. The van der Waals surface area contributed by atoms with Crippen LogP contribution in [0, 0.1) is 0 Å². The number of hydrogen-bond acceptors (Lipinski definition) is 4. The lowest BCUT2D eigenvalue weighted by Crippen LogP contribution is -2.67. The average molecular weight is 345 g/mol. The van der Waals surface area contributed by atoms with Gasteiger partial charge in [0.05, 0.1) is 12.1 Å². The molecule has 0 radical (unpaired) electrons. The SMILES string of the molecule is CC(=O)NCC(=O)N1CC[C@]2(c3ccccc3)[C@@H](C1)OCC(=O)N2C. The van der Waals surface area contributed by atoms with Gasteiger partial charge in [0.2, 0.25) is 17.7 Å². The summed E-state index contributed by atoms with van der Waals surface area (Å²) < 4.78 is 5.86. The Morgan fingerprint density at radius 2 is 2.04 bits per heavy atom. The zero-order valence-electron chi connectivity index (χ0n) is 14.5. The molecule has 0 saturated carbocycles. The van der Waals surface area contributed by atoms with Gasteiger partial charge in [-0.2, -0.15) is 0 Å². The highest BCUT2D eigenvalue weighted by Crippen LogP contribution is 2.42. The van der Waals surface area contributed by atoms with Crippen molar-refractivity contribution in [3.63, 3.8) is 0 Å². The van der Waals surface area contributed by atoms with Crippen molar-refractivity contribution in [2.75, 3.05) is 33.3 Å². The molecule has 25 heavy (non-hydrogen) atoms. The second kappa shape index (κ2) is 6.84. The Balaban J connectivity index is 1.84. The molecule has 7 nitrogen and oxygen atoms in total. The zero-order chi connectivity index (χ0) is 18.0. The van der Waals surface area contributed by atoms with Crippen LogP contribution in [0.5, 0.6) is 0 Å². The van der Waals surface area contributed by atoms with E-state index in [1.54, 1.807) is 16.8 Å². The van der Waals surface area contributed by atoms with Crippen LogP contribution in [0.25, 0.3) is 0 Å². The third-order valence-electron chi connectivity index (χ3n) is 5.18. The van der Waals surface area contributed by atoms with Crippen molar-refractivity contribution >= 4 is 17.7 Å². The van der Waals surface area contributed by atoms with E-state index in [0.717, 1.165) is 5.56 Å². The predicted molar refractivity (Wildman–Crippen MR) is 90.5 cm³/mol. The first-order chi connectivity index (χ1) is 11.9. The van der Waals surface area contributed by atoms with Crippen LogP contribution in [0.4, 0.5) is 0 Å². The van der Waals surface area contributed by atoms with Crippen molar-refractivity contribution in [2.24, 2.45) is 0 Å². The van der Waals surface area contributed by atoms with Crippen LogP contribution < -0.4 is 5.32 Å². The van der Waals surface area contributed by atoms with Crippen LogP contribution in [0.2, 0.25) is 0 Å². The van der Waals surface area contributed by atoms with Crippen molar-refractivity contribution in [3.05, 3.63) is 35.9 Å². The lowest BCUT2D eigenvalue weighted by molar-refractivity contribution is -0.184. The predicted octanol–water partition coefficient (Wildman–Crippen LogP) is 0.108. The van der Waals surface area contributed by atoms with Gasteiger partial charge < -0.3 is 19.9 Å². The Hall–Kier alpha value is -2.41. The number of nitrogens with one attached hydrogen (secondary N) is 1. The molecule has 134 valence electrons. The van der Waals surface area contributed by atoms with Crippen molar-refractivity contribution in [1.29, 1.82) is 0 Å². The Morgan fingerprint density at radius 1 is 1.32 bits per heavy atom. The van der Waals surface area contributed by atoms with E-state index < -0.39 is 5.54 Å². The van der Waals surface area contributed by atoms with Crippen LogP contribution in [0.15, 0.2) is 30.3 Å². The van der Waals surface area contributed by atoms with Gasteiger partial charge in [-0.05, 0) is 12.0 Å². The Labute approximate surface area is 146 Å². The van der Waals surface area contributed by atoms with Gasteiger partial charge in [0.15, 0.2) is 0 Å². The topological polar surface area (TPSA) is 79.0 Å². The minimum Gasteiger partial charge on any atom is -0.364 e. The number of likely N-dealkylation sites (tertiary alicyclic amines) is 1. The van der Waals surface area contributed by atoms with Gasteiger partial charge in [-0.25, -0.2) is 0 Å². The molecule has 3 rings (SSSR count). The molecule has 2 aliphatic rings. The normalized spacial score (nSPS) is 26.2. The maximum Gasteiger partial charge on any atom is 0.249 e. The number of benzene rings is 1. The van der Waals surface area contributed by atoms with Gasteiger partial charge in [-0.15, -0.1) is 0 Å². The molecular formula is C18H23N3O4. The van der Waals surface area contributed by atoms with Crippen LogP contribution in [-0.4, -0.2) is 66.9 Å². The van der Waals surface area contributed by atoms with Crippen molar-refractivity contribution in [2.45, 2.75) is 25.0 Å². The molecule has 1 N–H and O–H groups in total. The first-order valence-corrected chi connectivity index (χ1v) is 8.41. The number of likely N-dealkylation sites (N-methyl/N-ethyl adjacent to an activating group) is 1. The summed E-state index contributed by atoms with van der Waals surface area (Å²) in [4.78, 5) is 39.1. The molecule has 2 fully saturated rings. The smallest absolute Gasteiger partial charge is 0.249 e. The molecule has 2 atom stereocenters. The van der Waals surface area contributed by atoms with E-state index in [4.69, 9.17) is 4.74 Å². The minimum absolute atomic E-state index is 0.0173. The molecule has 0 bridgehead atoms. The van der Waals surface area contributed by atoms with Crippen molar-refractivity contribution in [3.8, 4) is 0 Å². The number of rotatable bonds is 3. The van der Waals surface area contributed by atoms with Crippen molar-refractivity contribution in [1.82, 2.24) is 15.1 Å². The summed E-state index contributed by atoms with van der Waals surface area (Å²) in [5.74, 6) is -0.429. The van der Waals surface area contributed by atoms with E-state index >= 15 is 0 Å². The summed E-state index contributed by atoms with van der Waals surface area (Å²) in [6.45, 7) is 2.28. The maximum absolute atomic E-state index is 12.3. The number of fused-ring (bicyclic) bond motifs is 1. The maximum atomic E-state index is 12.3. The Morgan fingerprint density at radius 3 is 2.72 bits per heavy atom. The minimum atomic E-state index is -0.568. The molecule has 0 unspecified atom stereocenters. The third-order valence-corrected chi connectivity index (χ3v) is 5.18. The Kier molecular flexibility index (Phi) is 4.76. The van der Waals surface area contributed by atoms with Gasteiger partial charge in [0.25, 0.3) is 0 Å². The standard InChI is InChI=1S/C18H23N3O4/c1-13(22)19-10-16(23)21-9-8-18(14-6-4-3-5-7-14)15(11-21)25-12-17(24)20(18)2/h3-7,15H,8-12H2,1-2H3,(H,19,22)/t15-,18+/m1/s1. The molecule has 0 aromatic heterocycles. The molecule has 0 spiro atoms. The van der Waals surface area contributed by atoms with Gasteiger partial charge in [-0.1, -0.05) is 30.3 Å². The van der Waals surface area contributed by atoms with E-state index in [0.29, 0.717) is 19.5 Å². The molecule has 1 aromatic rings. The molecule has 2 aliphatic heterocycles. The zero-order valence-corrected chi connectivity index (χ0v) is 14.5. The van der Waals surface area contributed by atoms with E-state index in [2.05, 4.69) is 5.32 Å². The summed E-state index contributed by atoms with van der Waals surface area (Å²) in [6, 6.07) is 9.83. The fourth-order valence-electron chi connectivity index (χ4n) is 3.76. The van der Waals surface area contributed by atoms with E-state index in [9.17, 15) is 14.4 Å². The molecule has 2 saturated heterocycles. The second-order valence-electron chi connectivity index (χ2n) is 6.54. The molecule has 0 aliphatic carbocycles. The fraction of sp³-hybridized carbons (Fsp3) is 0.500. The first-order valence-electron chi connectivity index (χ1n) is 8.41. The van der Waals surface area contributed by atoms with Crippen LogP contribution in [-0.2, 0) is 24.7 Å². The highest BCUT2D eigenvalue weighted by molar-refractivity contribution is 5.84. The number of piperidine rings is 1. The number of ether oxygens (including phenoxy) is 1. The number of carbonyl (C=O) groups is 3. The second-order valence-corrected chi connectivity index (χ2v) is 6.54. The first kappa shape index (κ1) is 17.4. The summed E-state index contributed by atoms with van der Waals surface area (Å²) >= 11 is 0. The largest absolute Gasteiger partial charge is 0.364 e. The molecular weight excluding hydrogens is 322 g/mol. The summed E-state index contributed by atoms with van der Waals surface area (Å²) in [5.41, 5.74) is 0.450. The highest BCUT2D eigenvalue weighted by atomic mass is 16.5. The lowest BCUT2D eigenvalue weighted by atomic mass is 9.76. The van der Waals surface area contributed by atoms with Gasteiger partial charge in [-0.3, -0.25) is 14.4 Å². The molecule has 3 amide bonds. The Bertz CT molecular complexity index is 678. The third kappa shape index (κ3) is 3.11. The van der Waals surface area contributed by atoms with Crippen LogP contribution in [0.1, 0.15) is 18.9 Å². The van der Waals surface area contributed by atoms with Crippen LogP contribution >= 0.6 is 0 Å². The molecule has 7 heteroatoms. The molecule has 2 heterocycles. The monoisotopic (exact) mass is 345 g/mol. The van der Waals surface area contributed by atoms with Gasteiger partial charge in [0.1, 0.15) is 12.7 Å². The number of amides is 3. The number of morpholine rings is 1. The van der Waals surface area contributed by atoms with E-state index in [-0.39, 0.29) is 37.0 Å². The van der Waals surface area contributed by atoms with Crippen molar-refractivity contribution < 1.29 is 19.1 Å². The quantitative estimate of drug-likeness (QED) is 0.843. The summed E-state index contributed by atoms with van der Waals surface area (Å²) in [5, 5.41) is 2.54. The number of carbonyl (C=O) groups excluding carboxylic acids is 3. The average Bonchev–Trinajstić information content (AvgIpc) is 2.63. The van der Waals surface area contributed by atoms with E-state index in [1.165, 1.54) is 6.92 Å². The fourth-order valence-corrected chi connectivity index (χ4v) is 3.76. The van der Waals surface area contributed by atoms with Crippen LogP contribution in [0.3, 0.4) is 0 Å². The summed E-state index contributed by atoms with van der Waals surface area (Å²) in [6.07, 6.45) is 0.294. The van der Waals surface area contributed by atoms with E-state index in [1.807, 2.05) is 30.3 Å². The lowest BCUT2D eigenvalue weighted by Gasteiger charge is -2.54. The summed E-state index contributed by atoms with van der Waals surface area (Å²) in [7, 11) is 1.81. The van der Waals surface area contributed by atoms with Gasteiger partial charge in [0, 0.05) is 27.1 Å². The van der Waals surface area contributed by atoms with Gasteiger partial charge >= 0.3 is 0 Å². The molecule has 1 aromatic carbocycles. The highest BCUT2D eigenvalue weighted by Gasteiger charge is 2.53.